The second-order valence-electron chi connectivity index (χ2n) is 3.11. The Bertz CT molecular complexity index is 91.1. The van der Waals surface area contributed by atoms with E-state index in [0.29, 0.717) is 0 Å². The third-order valence-electron chi connectivity index (χ3n) is 1.93. The van der Waals surface area contributed by atoms with E-state index in [1.807, 2.05) is 11.8 Å². The standard InChI is InChI=1S/C7H14NO/c1-7(9)3-5-8(2)6-4-7/h9H,2-6H2,1H3. The average molecular weight is 128 g/mol. The molecule has 0 spiro atoms. The molecule has 0 bridgehead atoms. The highest BCUT2D eigenvalue weighted by atomic mass is 16.3. The quantitative estimate of drug-likeness (QED) is 0.517. The lowest BCUT2D eigenvalue weighted by Crippen LogP contribution is -2.39. The Hall–Kier alpha value is -0.0800. The normalized spacial score (nSPS) is 28.3. The number of rotatable bonds is 0. The second-order valence-corrected chi connectivity index (χ2v) is 3.11. The zero-order chi connectivity index (χ0) is 6.91. The number of hydrogen-bond acceptors (Lipinski definition) is 2. The molecule has 0 saturated carbocycles. The van der Waals surface area contributed by atoms with Crippen LogP contribution in [0.25, 0.3) is 0 Å². The van der Waals surface area contributed by atoms with E-state index in [1.165, 1.54) is 0 Å². The smallest absolute Gasteiger partial charge is 0.0644 e. The molecule has 9 heavy (non-hydrogen) atoms. The lowest BCUT2D eigenvalue weighted by atomic mass is 9.94. The van der Waals surface area contributed by atoms with Gasteiger partial charge in [0.05, 0.1) is 5.60 Å². The van der Waals surface area contributed by atoms with Gasteiger partial charge in [0.2, 0.25) is 0 Å². The number of aliphatic hydroxyl groups is 1. The molecule has 1 aliphatic heterocycles. The Morgan fingerprint density at radius 2 is 1.89 bits per heavy atom. The molecule has 2 heteroatoms. The highest BCUT2D eigenvalue weighted by Crippen LogP contribution is 2.19. The maximum atomic E-state index is 9.44. The van der Waals surface area contributed by atoms with Crippen LogP contribution in [0.2, 0.25) is 0 Å². The molecule has 0 aromatic heterocycles. The molecule has 0 amide bonds. The fraction of sp³-hybridized carbons (Fsp3) is 0.857. The molecule has 1 radical (unpaired) electrons. The van der Waals surface area contributed by atoms with E-state index < -0.39 is 5.60 Å². The average Bonchev–Trinajstić information content (AvgIpc) is 1.78. The first-order valence-electron chi connectivity index (χ1n) is 3.38. The topological polar surface area (TPSA) is 23.5 Å². The van der Waals surface area contributed by atoms with Gasteiger partial charge in [-0.2, -0.15) is 0 Å². The van der Waals surface area contributed by atoms with Gasteiger partial charge in [-0.25, -0.2) is 0 Å². The summed E-state index contributed by atoms with van der Waals surface area (Å²) in [7, 11) is 3.79. The van der Waals surface area contributed by atoms with Crippen LogP contribution in [0.5, 0.6) is 0 Å². The summed E-state index contributed by atoms with van der Waals surface area (Å²) in [6.45, 7) is 3.74. The minimum Gasteiger partial charge on any atom is -0.390 e. The van der Waals surface area contributed by atoms with Crippen molar-refractivity contribution in [2.75, 3.05) is 13.1 Å². The highest BCUT2D eigenvalue weighted by molar-refractivity contribution is 4.80. The molecule has 1 N–H and O–H groups in total. The molecule has 0 unspecified atom stereocenters. The molecule has 1 rings (SSSR count). The molecule has 1 fully saturated rings. The van der Waals surface area contributed by atoms with Crippen molar-refractivity contribution in [2.45, 2.75) is 25.4 Å². The molecule has 0 aliphatic carbocycles. The van der Waals surface area contributed by atoms with Gasteiger partial charge >= 0.3 is 0 Å². The summed E-state index contributed by atoms with van der Waals surface area (Å²) in [5.41, 5.74) is -0.422. The van der Waals surface area contributed by atoms with Crippen molar-refractivity contribution in [1.82, 2.24) is 4.90 Å². The lowest BCUT2D eigenvalue weighted by molar-refractivity contribution is 0.00489. The summed E-state index contributed by atoms with van der Waals surface area (Å²) in [4.78, 5) is 2.00. The maximum Gasteiger partial charge on any atom is 0.0644 e. The van der Waals surface area contributed by atoms with Crippen molar-refractivity contribution in [1.29, 1.82) is 0 Å². The zero-order valence-electron chi connectivity index (χ0n) is 5.93. The fourth-order valence-corrected chi connectivity index (χ4v) is 1.03. The Labute approximate surface area is 56.5 Å². The minimum atomic E-state index is -0.422. The van der Waals surface area contributed by atoms with Crippen LogP contribution in [0.4, 0.5) is 0 Å². The summed E-state index contributed by atoms with van der Waals surface area (Å²) < 4.78 is 0. The number of nitrogens with zero attached hydrogens (tertiary/aromatic N) is 1. The van der Waals surface area contributed by atoms with E-state index in [2.05, 4.69) is 7.05 Å². The summed E-state index contributed by atoms with van der Waals surface area (Å²) in [6.07, 6.45) is 1.72. The van der Waals surface area contributed by atoms with E-state index in [0.717, 1.165) is 25.9 Å². The van der Waals surface area contributed by atoms with Crippen LogP contribution in [-0.4, -0.2) is 28.7 Å². The van der Waals surface area contributed by atoms with E-state index in [1.54, 1.807) is 0 Å². The van der Waals surface area contributed by atoms with Gasteiger partial charge < -0.3 is 10.0 Å². The Morgan fingerprint density at radius 1 is 1.44 bits per heavy atom. The Kier molecular flexibility index (Phi) is 1.78. The van der Waals surface area contributed by atoms with Crippen LogP contribution < -0.4 is 0 Å². The third-order valence-corrected chi connectivity index (χ3v) is 1.93. The first-order chi connectivity index (χ1) is 4.10. The lowest BCUT2D eigenvalue weighted by Gasteiger charge is -2.33. The minimum absolute atomic E-state index is 0.422. The monoisotopic (exact) mass is 128 g/mol. The predicted molar refractivity (Wildman–Crippen MR) is 36.8 cm³/mol. The molecule has 53 valence electrons. The van der Waals surface area contributed by atoms with Crippen molar-refractivity contribution in [3.8, 4) is 0 Å². The van der Waals surface area contributed by atoms with Crippen LogP contribution >= 0.6 is 0 Å². The molecule has 2 nitrogen and oxygen atoms in total. The molecule has 0 atom stereocenters. The van der Waals surface area contributed by atoms with E-state index >= 15 is 0 Å². The van der Waals surface area contributed by atoms with Crippen LogP contribution in [0.15, 0.2) is 0 Å². The Balaban J connectivity index is 2.35. The second kappa shape index (κ2) is 2.27. The van der Waals surface area contributed by atoms with Gasteiger partial charge in [-0.3, -0.25) is 0 Å². The largest absolute Gasteiger partial charge is 0.390 e. The van der Waals surface area contributed by atoms with Crippen LogP contribution in [0.1, 0.15) is 19.8 Å². The first-order valence-corrected chi connectivity index (χ1v) is 3.38. The summed E-state index contributed by atoms with van der Waals surface area (Å²) in [5, 5.41) is 9.44. The van der Waals surface area contributed by atoms with Gasteiger partial charge in [-0.1, -0.05) is 0 Å². The van der Waals surface area contributed by atoms with Gasteiger partial charge in [-0.15, -0.1) is 0 Å². The molecule has 0 aromatic rings. The van der Waals surface area contributed by atoms with Crippen LogP contribution in [-0.2, 0) is 0 Å². The molecule has 0 aromatic carbocycles. The predicted octanol–water partition coefficient (Wildman–Crippen LogP) is 0.625. The molecule has 1 saturated heterocycles. The van der Waals surface area contributed by atoms with Crippen molar-refractivity contribution in [3.63, 3.8) is 0 Å². The summed E-state index contributed by atoms with van der Waals surface area (Å²) in [5.74, 6) is 0. The molecule has 1 aliphatic rings. The van der Waals surface area contributed by atoms with Gasteiger partial charge in [0.1, 0.15) is 0 Å². The van der Waals surface area contributed by atoms with E-state index in [-0.39, 0.29) is 0 Å². The van der Waals surface area contributed by atoms with Crippen molar-refractivity contribution >= 4 is 0 Å². The van der Waals surface area contributed by atoms with Gasteiger partial charge in [0, 0.05) is 20.1 Å². The Morgan fingerprint density at radius 3 is 2.22 bits per heavy atom. The summed E-state index contributed by atoms with van der Waals surface area (Å²) in [6, 6.07) is 0. The third kappa shape index (κ3) is 1.95. The van der Waals surface area contributed by atoms with Crippen molar-refractivity contribution < 1.29 is 5.11 Å². The zero-order valence-corrected chi connectivity index (χ0v) is 5.93. The number of piperidine rings is 1. The van der Waals surface area contributed by atoms with Crippen molar-refractivity contribution in [3.05, 3.63) is 7.05 Å². The van der Waals surface area contributed by atoms with E-state index in [4.69, 9.17) is 0 Å². The van der Waals surface area contributed by atoms with Crippen LogP contribution in [0, 0.1) is 7.05 Å². The number of hydrogen-bond donors (Lipinski definition) is 1. The van der Waals surface area contributed by atoms with Crippen molar-refractivity contribution in [2.24, 2.45) is 0 Å². The number of likely N-dealkylation sites (tertiary alicyclic amines) is 1. The SMILES string of the molecule is [CH2]N1CCC(C)(O)CC1. The fourth-order valence-electron chi connectivity index (χ4n) is 1.03. The first kappa shape index (κ1) is 7.03. The highest BCUT2D eigenvalue weighted by Gasteiger charge is 2.25. The maximum absolute atomic E-state index is 9.44. The molecular weight excluding hydrogens is 114 g/mol. The molecule has 1 heterocycles. The van der Waals surface area contributed by atoms with Crippen LogP contribution in [0.3, 0.4) is 0 Å². The summed E-state index contributed by atoms with van der Waals surface area (Å²) >= 11 is 0. The van der Waals surface area contributed by atoms with Gasteiger partial charge in [0.25, 0.3) is 0 Å². The molecular formula is C7H14NO. The van der Waals surface area contributed by atoms with Gasteiger partial charge in [-0.05, 0) is 19.8 Å². The van der Waals surface area contributed by atoms with Gasteiger partial charge in [0.15, 0.2) is 0 Å². The van der Waals surface area contributed by atoms with E-state index in [9.17, 15) is 5.11 Å².